The first kappa shape index (κ1) is 23.2. The number of carboxylic acids is 1. The molecule has 1 aliphatic carbocycles. The van der Waals surface area contributed by atoms with Gasteiger partial charge in [0.15, 0.2) is 0 Å². The molecule has 0 bridgehead atoms. The Morgan fingerprint density at radius 1 is 1.06 bits per heavy atom. The molecule has 0 unspecified atom stereocenters. The second-order valence-corrected chi connectivity index (χ2v) is 10.1. The summed E-state index contributed by atoms with van der Waals surface area (Å²) in [6, 6.07) is 14.7. The number of anilines is 1. The maximum Gasteiger partial charge on any atom is 0.305 e. The van der Waals surface area contributed by atoms with Crippen LogP contribution in [0.2, 0.25) is 0 Å². The van der Waals surface area contributed by atoms with Crippen LogP contribution in [0.15, 0.2) is 42.5 Å². The zero-order valence-electron chi connectivity index (χ0n) is 19.6. The topological polar surface area (TPSA) is 49.8 Å². The standard InChI is InChI=1S/C27H37NO3/c1-19-15-21(20-7-6-8-23(17-20)28(5)14-13-26(29)30)18-25(16-19)31-24-11-9-22(10-12-24)27(2,3)4/h6-8,15-18,22,24H,9-14H2,1-5H3,(H,29,30). The highest BCUT2D eigenvalue weighted by Crippen LogP contribution is 2.39. The van der Waals surface area contributed by atoms with Crippen molar-refractivity contribution in [2.75, 3.05) is 18.5 Å². The van der Waals surface area contributed by atoms with E-state index in [1.165, 1.54) is 18.4 Å². The second kappa shape index (κ2) is 9.76. The zero-order chi connectivity index (χ0) is 22.6. The number of aliphatic carboxylic acids is 1. The molecule has 31 heavy (non-hydrogen) atoms. The summed E-state index contributed by atoms with van der Waals surface area (Å²) in [6.07, 6.45) is 5.13. The number of carbonyl (C=O) groups is 1. The van der Waals surface area contributed by atoms with Crippen molar-refractivity contribution in [3.63, 3.8) is 0 Å². The molecule has 1 aliphatic rings. The van der Waals surface area contributed by atoms with Crippen molar-refractivity contribution < 1.29 is 14.6 Å². The number of nitrogens with zero attached hydrogens (tertiary/aromatic N) is 1. The van der Waals surface area contributed by atoms with Crippen molar-refractivity contribution in [1.29, 1.82) is 0 Å². The quantitative estimate of drug-likeness (QED) is 0.548. The van der Waals surface area contributed by atoms with E-state index in [2.05, 4.69) is 58.0 Å². The van der Waals surface area contributed by atoms with E-state index in [1.807, 2.05) is 24.1 Å². The lowest BCUT2D eigenvalue weighted by Crippen LogP contribution is -2.30. The normalized spacial score (nSPS) is 19.1. The maximum absolute atomic E-state index is 10.9. The highest BCUT2D eigenvalue weighted by molar-refractivity contribution is 5.71. The van der Waals surface area contributed by atoms with Crippen LogP contribution in [-0.2, 0) is 4.79 Å². The lowest BCUT2D eigenvalue weighted by atomic mass is 9.72. The Balaban J connectivity index is 1.72. The molecule has 0 spiro atoms. The minimum atomic E-state index is -0.778. The van der Waals surface area contributed by atoms with Gasteiger partial charge in [-0.2, -0.15) is 0 Å². The van der Waals surface area contributed by atoms with Crippen LogP contribution in [0.3, 0.4) is 0 Å². The molecule has 1 saturated carbocycles. The van der Waals surface area contributed by atoms with E-state index in [4.69, 9.17) is 9.84 Å². The average molecular weight is 424 g/mol. The van der Waals surface area contributed by atoms with Gasteiger partial charge >= 0.3 is 5.97 Å². The number of hydrogen-bond donors (Lipinski definition) is 1. The third kappa shape index (κ3) is 6.49. The van der Waals surface area contributed by atoms with Gasteiger partial charge in [-0.3, -0.25) is 4.79 Å². The minimum Gasteiger partial charge on any atom is -0.490 e. The molecule has 4 nitrogen and oxygen atoms in total. The molecule has 0 aromatic heterocycles. The molecule has 168 valence electrons. The Hall–Kier alpha value is -2.49. The summed E-state index contributed by atoms with van der Waals surface area (Å²) >= 11 is 0. The average Bonchev–Trinajstić information content (AvgIpc) is 2.71. The van der Waals surface area contributed by atoms with Gasteiger partial charge in [0.05, 0.1) is 12.5 Å². The van der Waals surface area contributed by atoms with E-state index >= 15 is 0 Å². The molecule has 1 N–H and O–H groups in total. The monoisotopic (exact) mass is 423 g/mol. The molecule has 0 atom stereocenters. The van der Waals surface area contributed by atoms with Gasteiger partial charge in [0.25, 0.3) is 0 Å². The molecule has 2 aromatic rings. The van der Waals surface area contributed by atoms with E-state index in [-0.39, 0.29) is 6.42 Å². The molecule has 0 heterocycles. The maximum atomic E-state index is 10.9. The lowest BCUT2D eigenvalue weighted by molar-refractivity contribution is -0.136. The summed E-state index contributed by atoms with van der Waals surface area (Å²) in [6.45, 7) is 9.63. The fraction of sp³-hybridized carbons (Fsp3) is 0.519. The van der Waals surface area contributed by atoms with Crippen molar-refractivity contribution in [2.24, 2.45) is 11.3 Å². The van der Waals surface area contributed by atoms with E-state index in [9.17, 15) is 4.79 Å². The van der Waals surface area contributed by atoms with Crippen LogP contribution in [0.4, 0.5) is 5.69 Å². The van der Waals surface area contributed by atoms with Gasteiger partial charge in [-0.25, -0.2) is 0 Å². The Morgan fingerprint density at radius 2 is 1.77 bits per heavy atom. The summed E-state index contributed by atoms with van der Waals surface area (Å²) in [5.74, 6) is 0.945. The van der Waals surface area contributed by atoms with Crippen LogP contribution in [0.1, 0.15) is 58.4 Å². The number of benzene rings is 2. The molecule has 0 saturated heterocycles. The van der Waals surface area contributed by atoms with Crippen LogP contribution >= 0.6 is 0 Å². The van der Waals surface area contributed by atoms with Crippen molar-refractivity contribution >= 4 is 11.7 Å². The van der Waals surface area contributed by atoms with Gasteiger partial charge in [0.1, 0.15) is 5.75 Å². The molecule has 0 radical (unpaired) electrons. The Bertz CT molecular complexity index is 892. The number of carboxylic acid groups (broad SMARTS) is 1. The summed E-state index contributed by atoms with van der Waals surface area (Å²) in [7, 11) is 1.93. The van der Waals surface area contributed by atoms with Crippen molar-refractivity contribution in [2.45, 2.75) is 65.9 Å². The van der Waals surface area contributed by atoms with Crippen LogP contribution in [0, 0.1) is 18.3 Å². The molecule has 3 rings (SSSR count). The molecule has 2 aromatic carbocycles. The van der Waals surface area contributed by atoms with Crippen LogP contribution in [0.25, 0.3) is 11.1 Å². The van der Waals surface area contributed by atoms with Gasteiger partial charge in [0, 0.05) is 19.3 Å². The third-order valence-corrected chi connectivity index (χ3v) is 6.53. The molecular formula is C27H37NO3. The third-order valence-electron chi connectivity index (χ3n) is 6.53. The first-order chi connectivity index (χ1) is 14.6. The van der Waals surface area contributed by atoms with E-state index in [0.29, 0.717) is 18.1 Å². The second-order valence-electron chi connectivity index (χ2n) is 10.1. The Labute approximate surface area is 187 Å². The first-order valence-corrected chi connectivity index (χ1v) is 11.4. The van der Waals surface area contributed by atoms with E-state index < -0.39 is 5.97 Å². The lowest BCUT2D eigenvalue weighted by Gasteiger charge is -2.37. The van der Waals surface area contributed by atoms with Crippen LogP contribution in [0.5, 0.6) is 5.75 Å². The van der Waals surface area contributed by atoms with Gasteiger partial charge < -0.3 is 14.7 Å². The molecular weight excluding hydrogens is 386 g/mol. The van der Waals surface area contributed by atoms with E-state index in [1.54, 1.807) is 0 Å². The SMILES string of the molecule is Cc1cc(OC2CCC(C(C)(C)C)CC2)cc(-c2cccc(N(C)CCC(=O)O)c2)c1. The number of rotatable bonds is 7. The highest BCUT2D eigenvalue weighted by Gasteiger charge is 2.30. The summed E-state index contributed by atoms with van der Waals surface area (Å²) in [5.41, 5.74) is 4.82. The van der Waals surface area contributed by atoms with Crippen LogP contribution in [-0.4, -0.2) is 30.8 Å². The Morgan fingerprint density at radius 3 is 2.42 bits per heavy atom. The summed E-state index contributed by atoms with van der Waals surface area (Å²) < 4.78 is 6.43. The summed E-state index contributed by atoms with van der Waals surface area (Å²) in [4.78, 5) is 12.9. The van der Waals surface area contributed by atoms with Gasteiger partial charge in [0.2, 0.25) is 0 Å². The van der Waals surface area contributed by atoms with Gasteiger partial charge in [-0.05, 0) is 84.9 Å². The largest absolute Gasteiger partial charge is 0.490 e. The first-order valence-electron chi connectivity index (χ1n) is 11.4. The predicted molar refractivity (Wildman–Crippen MR) is 128 cm³/mol. The molecule has 1 fully saturated rings. The number of ether oxygens (including phenoxy) is 1. The highest BCUT2D eigenvalue weighted by atomic mass is 16.5. The van der Waals surface area contributed by atoms with Crippen molar-refractivity contribution in [3.8, 4) is 16.9 Å². The smallest absolute Gasteiger partial charge is 0.305 e. The van der Waals surface area contributed by atoms with E-state index in [0.717, 1.165) is 41.3 Å². The predicted octanol–water partition coefficient (Wildman–Crippen LogP) is 6.56. The molecule has 0 aliphatic heterocycles. The zero-order valence-corrected chi connectivity index (χ0v) is 19.6. The Kier molecular flexibility index (Phi) is 7.30. The molecule has 0 amide bonds. The minimum absolute atomic E-state index is 0.126. The fourth-order valence-corrected chi connectivity index (χ4v) is 4.54. The fourth-order valence-electron chi connectivity index (χ4n) is 4.54. The number of aryl methyl sites for hydroxylation is 1. The molecule has 4 heteroatoms. The van der Waals surface area contributed by atoms with Gasteiger partial charge in [-0.15, -0.1) is 0 Å². The van der Waals surface area contributed by atoms with Crippen LogP contribution < -0.4 is 9.64 Å². The van der Waals surface area contributed by atoms with Crippen molar-refractivity contribution in [3.05, 3.63) is 48.0 Å². The summed E-state index contributed by atoms with van der Waals surface area (Å²) in [5, 5.41) is 8.95. The van der Waals surface area contributed by atoms with Gasteiger partial charge in [-0.1, -0.05) is 39.0 Å². The van der Waals surface area contributed by atoms with Crippen molar-refractivity contribution in [1.82, 2.24) is 0 Å². The number of hydrogen-bond acceptors (Lipinski definition) is 3.